The molecule has 0 aliphatic carbocycles. The van der Waals surface area contributed by atoms with Crippen LogP contribution in [0.5, 0.6) is 11.5 Å². The average molecular weight is 404 g/mol. The van der Waals surface area contributed by atoms with Gasteiger partial charge in [0.05, 0.1) is 25.8 Å². The minimum Gasteiger partial charge on any atom is -0.497 e. The minimum atomic E-state index is -0.471. The number of carbonyl (C=O) groups is 2. The maximum Gasteiger partial charge on any atom is 0.231 e. The predicted molar refractivity (Wildman–Crippen MR) is 107 cm³/mol. The highest BCUT2D eigenvalue weighted by atomic mass is 32.1. The predicted octanol–water partition coefficient (Wildman–Crippen LogP) is 2.84. The smallest absolute Gasteiger partial charge is 0.231 e. The maximum absolute atomic E-state index is 12.6. The van der Waals surface area contributed by atoms with E-state index in [1.54, 1.807) is 30.2 Å². The first-order valence-electron chi connectivity index (χ1n) is 8.90. The lowest BCUT2D eigenvalue weighted by atomic mass is 9.98. The van der Waals surface area contributed by atoms with Gasteiger partial charge in [-0.25, -0.2) is 0 Å². The molecular weight excluding hydrogens is 380 g/mol. The van der Waals surface area contributed by atoms with Crippen molar-refractivity contribution in [2.45, 2.75) is 32.6 Å². The van der Waals surface area contributed by atoms with Crippen molar-refractivity contribution in [3.63, 3.8) is 0 Å². The number of methoxy groups -OCH3 is 2. The van der Waals surface area contributed by atoms with E-state index < -0.39 is 5.92 Å². The molecule has 1 atom stereocenters. The Hall–Kier alpha value is -2.68. The van der Waals surface area contributed by atoms with Gasteiger partial charge in [-0.1, -0.05) is 32.1 Å². The van der Waals surface area contributed by atoms with Crippen molar-refractivity contribution in [3.8, 4) is 11.5 Å². The van der Waals surface area contributed by atoms with Crippen LogP contribution >= 0.6 is 11.3 Å². The van der Waals surface area contributed by atoms with Gasteiger partial charge < -0.3 is 19.7 Å². The van der Waals surface area contributed by atoms with Crippen molar-refractivity contribution in [2.75, 3.05) is 31.0 Å². The molecule has 1 unspecified atom stereocenters. The van der Waals surface area contributed by atoms with E-state index in [4.69, 9.17) is 9.47 Å². The number of nitrogens with one attached hydrogen (secondary N) is 1. The average Bonchev–Trinajstić information content (AvgIpc) is 3.27. The number of benzene rings is 1. The molecule has 2 aromatic rings. The van der Waals surface area contributed by atoms with Gasteiger partial charge in [0, 0.05) is 24.4 Å². The van der Waals surface area contributed by atoms with Crippen LogP contribution < -0.4 is 19.7 Å². The van der Waals surface area contributed by atoms with E-state index >= 15 is 0 Å². The first kappa shape index (κ1) is 20.1. The molecule has 8 nitrogen and oxygen atoms in total. The van der Waals surface area contributed by atoms with Crippen molar-refractivity contribution >= 4 is 34.0 Å². The zero-order valence-corrected chi connectivity index (χ0v) is 17.4. The third-order valence-electron chi connectivity index (χ3n) is 4.47. The molecule has 1 aliphatic heterocycles. The van der Waals surface area contributed by atoms with Crippen molar-refractivity contribution in [3.05, 3.63) is 23.2 Å². The van der Waals surface area contributed by atoms with Gasteiger partial charge in [-0.2, -0.15) is 0 Å². The summed E-state index contributed by atoms with van der Waals surface area (Å²) in [5.74, 6) is 0.317. The molecule has 2 amide bonds. The Kier molecular flexibility index (Phi) is 5.55. The van der Waals surface area contributed by atoms with E-state index in [0.29, 0.717) is 22.3 Å². The summed E-state index contributed by atoms with van der Waals surface area (Å²) in [5.41, 5.74) is 0.487. The van der Waals surface area contributed by atoms with Crippen LogP contribution in [0, 0.1) is 5.92 Å². The number of carbonyl (C=O) groups excluding carboxylic acids is 2. The van der Waals surface area contributed by atoms with Gasteiger partial charge >= 0.3 is 0 Å². The summed E-state index contributed by atoms with van der Waals surface area (Å²) < 4.78 is 10.6. The number of hydrogen-bond donors (Lipinski definition) is 1. The van der Waals surface area contributed by atoms with Crippen LogP contribution in [0.1, 0.15) is 32.2 Å². The standard InChI is InChI=1S/C19H24N4O4S/c1-19(2,3)17-21-22-18(28-17)20-16(25)11-8-15(24)23(10-11)13-7-6-12(26-4)9-14(13)27-5/h6-7,9,11H,8,10H2,1-5H3,(H,20,22,25). The van der Waals surface area contributed by atoms with E-state index in [1.807, 2.05) is 20.8 Å². The fourth-order valence-electron chi connectivity index (χ4n) is 2.91. The summed E-state index contributed by atoms with van der Waals surface area (Å²) in [6.45, 7) is 6.39. The summed E-state index contributed by atoms with van der Waals surface area (Å²) in [6, 6.07) is 5.23. The zero-order valence-electron chi connectivity index (χ0n) is 16.6. The molecule has 150 valence electrons. The monoisotopic (exact) mass is 404 g/mol. The quantitative estimate of drug-likeness (QED) is 0.824. The molecule has 0 spiro atoms. The van der Waals surface area contributed by atoms with Gasteiger partial charge in [0.1, 0.15) is 16.5 Å². The Balaban J connectivity index is 1.72. The molecule has 2 heterocycles. The highest BCUT2D eigenvalue weighted by molar-refractivity contribution is 7.15. The number of hydrogen-bond acceptors (Lipinski definition) is 7. The van der Waals surface area contributed by atoms with Gasteiger partial charge in [0.15, 0.2) is 0 Å². The van der Waals surface area contributed by atoms with Crippen LogP contribution in [-0.4, -0.2) is 42.8 Å². The van der Waals surface area contributed by atoms with E-state index in [-0.39, 0.29) is 30.2 Å². The second-order valence-electron chi connectivity index (χ2n) is 7.59. The first-order chi connectivity index (χ1) is 13.2. The van der Waals surface area contributed by atoms with E-state index in [1.165, 1.54) is 18.4 Å². The molecule has 1 fully saturated rings. The van der Waals surface area contributed by atoms with Crippen molar-refractivity contribution in [1.29, 1.82) is 0 Å². The first-order valence-corrected chi connectivity index (χ1v) is 9.72. The van der Waals surface area contributed by atoms with Gasteiger partial charge in [0.2, 0.25) is 16.9 Å². The second-order valence-corrected chi connectivity index (χ2v) is 8.57. The summed E-state index contributed by atoms with van der Waals surface area (Å²) >= 11 is 1.35. The summed E-state index contributed by atoms with van der Waals surface area (Å²) in [5, 5.41) is 12.3. The molecule has 1 aliphatic rings. The highest BCUT2D eigenvalue weighted by Crippen LogP contribution is 2.36. The van der Waals surface area contributed by atoms with E-state index in [0.717, 1.165) is 5.01 Å². The van der Waals surface area contributed by atoms with Gasteiger partial charge in [-0.3, -0.25) is 9.59 Å². The number of nitrogens with zero attached hydrogens (tertiary/aromatic N) is 3. The normalized spacial score (nSPS) is 17.0. The topological polar surface area (TPSA) is 93.6 Å². The zero-order chi connectivity index (χ0) is 20.5. The van der Waals surface area contributed by atoms with E-state index in [2.05, 4.69) is 15.5 Å². The number of anilines is 2. The van der Waals surface area contributed by atoms with Crippen molar-refractivity contribution in [1.82, 2.24) is 10.2 Å². The van der Waals surface area contributed by atoms with Crippen LogP contribution in [0.3, 0.4) is 0 Å². The summed E-state index contributed by atoms with van der Waals surface area (Å²) in [6.07, 6.45) is 0.131. The Labute approximate surface area is 167 Å². The SMILES string of the molecule is COc1ccc(N2CC(C(=O)Nc3nnc(C(C)(C)C)s3)CC2=O)c(OC)c1. The molecule has 0 radical (unpaired) electrons. The van der Waals surface area contributed by atoms with Crippen LogP contribution in [0.4, 0.5) is 10.8 Å². The molecule has 3 rings (SSSR count). The van der Waals surface area contributed by atoms with Gasteiger partial charge in [0.25, 0.3) is 0 Å². The molecule has 28 heavy (non-hydrogen) atoms. The van der Waals surface area contributed by atoms with Crippen LogP contribution in [0.2, 0.25) is 0 Å². The highest BCUT2D eigenvalue weighted by Gasteiger charge is 2.37. The third kappa shape index (κ3) is 4.09. The molecule has 1 aromatic carbocycles. The molecule has 0 bridgehead atoms. The number of rotatable bonds is 5. The lowest BCUT2D eigenvalue weighted by molar-refractivity contribution is -0.122. The van der Waals surface area contributed by atoms with E-state index in [9.17, 15) is 9.59 Å². The Morgan fingerprint density at radius 1 is 1.25 bits per heavy atom. The van der Waals surface area contributed by atoms with Crippen molar-refractivity contribution < 1.29 is 19.1 Å². The van der Waals surface area contributed by atoms with Crippen LogP contribution in [-0.2, 0) is 15.0 Å². The number of aromatic nitrogens is 2. The molecule has 1 saturated heterocycles. The molecule has 0 saturated carbocycles. The Bertz CT molecular complexity index is 890. The lowest BCUT2D eigenvalue weighted by Crippen LogP contribution is -2.28. The lowest BCUT2D eigenvalue weighted by Gasteiger charge is -2.20. The van der Waals surface area contributed by atoms with Crippen molar-refractivity contribution in [2.24, 2.45) is 5.92 Å². The van der Waals surface area contributed by atoms with Crippen LogP contribution in [0.15, 0.2) is 18.2 Å². The van der Waals surface area contributed by atoms with Crippen LogP contribution in [0.25, 0.3) is 0 Å². The number of amides is 2. The molecule has 9 heteroatoms. The van der Waals surface area contributed by atoms with Gasteiger partial charge in [-0.15, -0.1) is 10.2 Å². The Morgan fingerprint density at radius 3 is 2.61 bits per heavy atom. The fourth-order valence-corrected chi connectivity index (χ4v) is 3.71. The molecular formula is C19H24N4O4S. The largest absolute Gasteiger partial charge is 0.497 e. The number of ether oxygens (including phenoxy) is 2. The minimum absolute atomic E-state index is 0.128. The molecule has 1 N–H and O–H groups in total. The fraction of sp³-hybridized carbons (Fsp3) is 0.474. The third-order valence-corrected chi connectivity index (χ3v) is 5.73. The summed E-state index contributed by atoms with van der Waals surface area (Å²) in [4.78, 5) is 26.8. The molecule has 1 aromatic heterocycles. The second kappa shape index (κ2) is 7.75. The Morgan fingerprint density at radius 2 is 2.00 bits per heavy atom. The summed E-state index contributed by atoms with van der Waals surface area (Å²) in [7, 11) is 3.10. The van der Waals surface area contributed by atoms with Gasteiger partial charge in [-0.05, 0) is 12.1 Å². The maximum atomic E-state index is 12.6.